The summed E-state index contributed by atoms with van der Waals surface area (Å²) in [5, 5.41) is 4.20. The van der Waals surface area contributed by atoms with Crippen LogP contribution in [0.15, 0.2) is 58.1 Å². The molecule has 1 aliphatic rings. The molecule has 0 atom stereocenters. The third-order valence-corrected chi connectivity index (χ3v) is 6.27. The summed E-state index contributed by atoms with van der Waals surface area (Å²) in [4.78, 5) is 41.4. The van der Waals surface area contributed by atoms with Crippen molar-refractivity contribution in [1.82, 2.24) is 19.2 Å². The number of benzene rings is 2. The van der Waals surface area contributed by atoms with Crippen molar-refractivity contribution in [3.63, 3.8) is 0 Å². The second-order valence-corrected chi connectivity index (χ2v) is 8.57. The van der Waals surface area contributed by atoms with E-state index in [1.165, 1.54) is 18.2 Å². The van der Waals surface area contributed by atoms with Crippen LogP contribution in [0.4, 0.5) is 4.39 Å². The fraction of sp³-hybridized carbons (Fsp3) is 0.360. The molecule has 1 fully saturated rings. The maximum atomic E-state index is 14.3. The van der Waals surface area contributed by atoms with Crippen molar-refractivity contribution in [3.8, 4) is 5.69 Å². The topological polar surface area (TPSA) is 77.2 Å². The summed E-state index contributed by atoms with van der Waals surface area (Å²) in [6.45, 7) is 1.61. The average molecular weight is 451 g/mol. The van der Waals surface area contributed by atoms with Crippen LogP contribution < -0.4 is 11.2 Å². The molecule has 0 N–H and O–H groups in total. The van der Waals surface area contributed by atoms with Gasteiger partial charge in [0.15, 0.2) is 0 Å². The van der Waals surface area contributed by atoms with Crippen molar-refractivity contribution in [2.24, 2.45) is 0 Å². The number of carbonyl (C=O) groups is 1. The number of nitrogens with zero attached hydrogens (tertiary/aromatic N) is 4. The first-order chi connectivity index (χ1) is 15.9. The zero-order valence-electron chi connectivity index (χ0n) is 18.8. The standard InChI is InChI=1S/C25H27FN4O3/c1-17-12-14-20(15-13-17)30-25(33)29(16-18-8-6-7-11-21(18)26)24(32)22(27-30)23(31)28(2)19-9-4-3-5-10-19/h6-8,11-15,19H,3-5,9-10,16H2,1-2H3. The highest BCUT2D eigenvalue weighted by Gasteiger charge is 2.28. The van der Waals surface area contributed by atoms with Crippen LogP contribution in [-0.4, -0.2) is 38.2 Å². The Morgan fingerprint density at radius 3 is 2.39 bits per heavy atom. The summed E-state index contributed by atoms with van der Waals surface area (Å²) >= 11 is 0. The molecule has 1 amide bonds. The van der Waals surface area contributed by atoms with Gasteiger partial charge in [-0.15, -0.1) is 0 Å². The molecule has 2 aromatic carbocycles. The monoisotopic (exact) mass is 450 g/mol. The van der Waals surface area contributed by atoms with E-state index >= 15 is 0 Å². The molecule has 3 aromatic rings. The van der Waals surface area contributed by atoms with Crippen molar-refractivity contribution >= 4 is 5.91 Å². The number of hydrogen-bond acceptors (Lipinski definition) is 4. The van der Waals surface area contributed by atoms with Crippen molar-refractivity contribution in [2.45, 2.75) is 51.6 Å². The summed E-state index contributed by atoms with van der Waals surface area (Å²) in [6.07, 6.45) is 4.91. The van der Waals surface area contributed by atoms with E-state index in [0.29, 0.717) is 5.69 Å². The highest BCUT2D eigenvalue weighted by Crippen LogP contribution is 2.22. The van der Waals surface area contributed by atoms with Crippen LogP contribution in [-0.2, 0) is 6.54 Å². The molecule has 33 heavy (non-hydrogen) atoms. The van der Waals surface area contributed by atoms with Crippen LogP contribution >= 0.6 is 0 Å². The van der Waals surface area contributed by atoms with Gasteiger partial charge in [-0.2, -0.15) is 9.78 Å². The Morgan fingerprint density at radius 1 is 1.06 bits per heavy atom. The average Bonchev–Trinajstić information content (AvgIpc) is 2.83. The van der Waals surface area contributed by atoms with E-state index in [9.17, 15) is 18.8 Å². The Balaban J connectivity index is 1.85. The lowest BCUT2D eigenvalue weighted by Gasteiger charge is -2.30. The van der Waals surface area contributed by atoms with E-state index < -0.39 is 23.0 Å². The van der Waals surface area contributed by atoms with Crippen molar-refractivity contribution in [3.05, 3.63) is 92.0 Å². The Labute approximate surface area is 191 Å². The summed E-state index contributed by atoms with van der Waals surface area (Å²) in [5.41, 5.74) is -0.317. The van der Waals surface area contributed by atoms with Crippen LogP contribution in [0.3, 0.4) is 0 Å². The second-order valence-electron chi connectivity index (χ2n) is 8.57. The minimum absolute atomic E-state index is 0.0206. The quantitative estimate of drug-likeness (QED) is 0.598. The molecule has 4 rings (SSSR count). The molecular weight excluding hydrogens is 423 g/mol. The fourth-order valence-electron chi connectivity index (χ4n) is 4.24. The Morgan fingerprint density at radius 2 is 1.73 bits per heavy atom. The molecule has 0 unspecified atom stereocenters. The van der Waals surface area contributed by atoms with Gasteiger partial charge in [0.25, 0.3) is 11.5 Å². The summed E-state index contributed by atoms with van der Waals surface area (Å²) in [6, 6.07) is 13.0. The van der Waals surface area contributed by atoms with E-state index in [1.54, 1.807) is 30.1 Å². The molecule has 1 aliphatic carbocycles. The zero-order chi connectivity index (χ0) is 23.5. The van der Waals surface area contributed by atoms with Crippen molar-refractivity contribution < 1.29 is 9.18 Å². The fourth-order valence-corrected chi connectivity index (χ4v) is 4.24. The molecule has 1 saturated carbocycles. The summed E-state index contributed by atoms with van der Waals surface area (Å²) in [5.74, 6) is -1.07. The molecule has 0 radical (unpaired) electrons. The summed E-state index contributed by atoms with van der Waals surface area (Å²) < 4.78 is 16.2. The lowest BCUT2D eigenvalue weighted by atomic mass is 9.94. The summed E-state index contributed by atoms with van der Waals surface area (Å²) in [7, 11) is 1.67. The number of aromatic nitrogens is 3. The molecule has 8 heteroatoms. The SMILES string of the molecule is Cc1ccc(-n2nc(C(=O)N(C)C3CCCCC3)c(=O)n(Cc3ccccc3F)c2=O)cc1. The third-order valence-electron chi connectivity index (χ3n) is 6.27. The van der Waals surface area contributed by atoms with E-state index in [0.717, 1.165) is 46.9 Å². The second kappa shape index (κ2) is 9.52. The molecule has 1 heterocycles. The number of halogens is 1. The molecule has 7 nitrogen and oxygen atoms in total. The number of aryl methyl sites for hydroxylation is 1. The van der Waals surface area contributed by atoms with Crippen LogP contribution in [0.2, 0.25) is 0 Å². The van der Waals surface area contributed by atoms with Crippen LogP contribution in [0.5, 0.6) is 0 Å². The zero-order valence-corrected chi connectivity index (χ0v) is 18.8. The van der Waals surface area contributed by atoms with Crippen LogP contribution in [0, 0.1) is 12.7 Å². The molecule has 0 spiro atoms. The molecule has 172 valence electrons. The van der Waals surface area contributed by atoms with Gasteiger partial charge >= 0.3 is 5.69 Å². The van der Waals surface area contributed by atoms with E-state index in [2.05, 4.69) is 5.10 Å². The number of carbonyl (C=O) groups excluding carboxylic acids is 1. The van der Waals surface area contributed by atoms with Gasteiger partial charge in [0.1, 0.15) is 5.82 Å². The minimum Gasteiger partial charge on any atom is -0.337 e. The van der Waals surface area contributed by atoms with Gasteiger partial charge in [-0.1, -0.05) is 55.2 Å². The third kappa shape index (κ3) is 4.65. The van der Waals surface area contributed by atoms with Gasteiger partial charge in [0, 0.05) is 18.7 Å². The normalized spacial score (nSPS) is 14.3. The van der Waals surface area contributed by atoms with Gasteiger partial charge in [0.05, 0.1) is 12.2 Å². The molecule has 1 aromatic heterocycles. The van der Waals surface area contributed by atoms with Crippen LogP contribution in [0.25, 0.3) is 5.69 Å². The molecular formula is C25H27FN4O3. The van der Waals surface area contributed by atoms with E-state index in [1.807, 2.05) is 19.1 Å². The van der Waals surface area contributed by atoms with Gasteiger partial charge in [0.2, 0.25) is 5.69 Å². The first kappa shape index (κ1) is 22.6. The Bertz CT molecular complexity index is 1270. The molecule has 0 bridgehead atoms. The van der Waals surface area contributed by atoms with Gasteiger partial charge < -0.3 is 4.90 Å². The Hall–Kier alpha value is -3.55. The van der Waals surface area contributed by atoms with Crippen molar-refractivity contribution in [2.75, 3.05) is 7.05 Å². The smallest absolute Gasteiger partial charge is 0.337 e. The van der Waals surface area contributed by atoms with Gasteiger partial charge in [-0.3, -0.25) is 14.2 Å². The van der Waals surface area contributed by atoms with Crippen LogP contribution in [0.1, 0.15) is 53.7 Å². The van der Waals surface area contributed by atoms with Gasteiger partial charge in [-0.25, -0.2) is 9.18 Å². The molecule has 0 aliphatic heterocycles. The number of rotatable bonds is 5. The maximum absolute atomic E-state index is 14.3. The number of hydrogen-bond donors (Lipinski definition) is 0. The van der Waals surface area contributed by atoms with Crippen molar-refractivity contribution in [1.29, 1.82) is 0 Å². The predicted molar refractivity (Wildman–Crippen MR) is 123 cm³/mol. The van der Waals surface area contributed by atoms with Gasteiger partial charge in [-0.05, 0) is 38.0 Å². The first-order valence-corrected chi connectivity index (χ1v) is 11.2. The lowest BCUT2D eigenvalue weighted by Crippen LogP contribution is -2.48. The highest BCUT2D eigenvalue weighted by atomic mass is 19.1. The minimum atomic E-state index is -0.820. The Kier molecular flexibility index (Phi) is 6.53. The van der Waals surface area contributed by atoms with E-state index in [4.69, 9.17) is 0 Å². The molecule has 0 saturated heterocycles. The highest BCUT2D eigenvalue weighted by molar-refractivity contribution is 5.91. The lowest BCUT2D eigenvalue weighted by molar-refractivity contribution is 0.0684. The number of amides is 1. The first-order valence-electron chi connectivity index (χ1n) is 11.2. The largest absolute Gasteiger partial charge is 0.352 e. The predicted octanol–water partition coefficient (Wildman–Crippen LogP) is 3.29. The maximum Gasteiger partial charge on any atom is 0.352 e. The van der Waals surface area contributed by atoms with E-state index in [-0.39, 0.29) is 23.8 Å².